The van der Waals surface area contributed by atoms with Crippen LogP contribution in [0.3, 0.4) is 0 Å². The Bertz CT molecular complexity index is 427. The zero-order chi connectivity index (χ0) is 14.4. The van der Waals surface area contributed by atoms with Crippen LogP contribution in [-0.2, 0) is 11.3 Å². The summed E-state index contributed by atoms with van der Waals surface area (Å²) < 4.78 is 12.7. The van der Waals surface area contributed by atoms with E-state index in [0.717, 1.165) is 31.7 Å². The van der Waals surface area contributed by atoms with E-state index in [9.17, 15) is 9.18 Å². The molecule has 0 aromatic heterocycles. The molecule has 0 aliphatic carbocycles. The highest BCUT2D eigenvalue weighted by molar-refractivity contribution is 5.76. The Morgan fingerprint density at radius 2 is 1.85 bits per heavy atom. The number of carbonyl (C=O) groups excluding carboxylic acids is 1. The van der Waals surface area contributed by atoms with E-state index in [1.165, 1.54) is 12.1 Å². The first kappa shape index (κ1) is 14.9. The lowest BCUT2D eigenvalue weighted by Crippen LogP contribution is -2.47. The first-order valence-corrected chi connectivity index (χ1v) is 7.06. The number of likely N-dealkylation sites (N-methyl/N-ethyl adjacent to an activating group) is 1. The molecule has 1 aromatic rings. The maximum atomic E-state index is 12.7. The van der Waals surface area contributed by atoms with Gasteiger partial charge in [-0.1, -0.05) is 12.1 Å². The molecule has 0 radical (unpaired) electrons. The van der Waals surface area contributed by atoms with Crippen molar-refractivity contribution in [2.75, 3.05) is 39.8 Å². The molecule has 0 saturated carbocycles. The number of hydrogen-bond donors (Lipinski definition) is 1. The van der Waals surface area contributed by atoms with Crippen LogP contribution in [0.2, 0.25) is 0 Å². The summed E-state index contributed by atoms with van der Waals surface area (Å²) >= 11 is 0. The molecule has 1 saturated heterocycles. The van der Waals surface area contributed by atoms with E-state index < -0.39 is 0 Å². The molecule has 1 amide bonds. The van der Waals surface area contributed by atoms with Gasteiger partial charge in [-0.15, -0.1) is 0 Å². The van der Waals surface area contributed by atoms with Crippen LogP contribution >= 0.6 is 0 Å². The van der Waals surface area contributed by atoms with Gasteiger partial charge in [0.15, 0.2) is 0 Å². The molecule has 20 heavy (non-hydrogen) atoms. The van der Waals surface area contributed by atoms with Crippen molar-refractivity contribution in [2.45, 2.75) is 13.0 Å². The fourth-order valence-electron chi connectivity index (χ4n) is 2.24. The minimum absolute atomic E-state index is 0.213. The molecule has 1 heterocycles. The van der Waals surface area contributed by atoms with Gasteiger partial charge in [0, 0.05) is 45.7 Å². The number of nitrogens with one attached hydrogen (secondary N) is 1. The average molecular weight is 279 g/mol. The molecule has 1 aliphatic rings. The third-order valence-corrected chi connectivity index (χ3v) is 3.61. The third-order valence-electron chi connectivity index (χ3n) is 3.61. The highest BCUT2D eigenvalue weighted by Crippen LogP contribution is 2.03. The third kappa shape index (κ3) is 4.58. The topological polar surface area (TPSA) is 35.6 Å². The summed E-state index contributed by atoms with van der Waals surface area (Å²) in [7, 11) is 2.08. The van der Waals surface area contributed by atoms with Crippen LogP contribution in [0.5, 0.6) is 0 Å². The summed E-state index contributed by atoms with van der Waals surface area (Å²) in [4.78, 5) is 16.1. The van der Waals surface area contributed by atoms with Crippen molar-refractivity contribution in [2.24, 2.45) is 0 Å². The van der Waals surface area contributed by atoms with Crippen LogP contribution in [-0.4, -0.2) is 55.5 Å². The van der Waals surface area contributed by atoms with Crippen molar-refractivity contribution in [3.8, 4) is 0 Å². The van der Waals surface area contributed by atoms with Crippen molar-refractivity contribution >= 4 is 5.91 Å². The van der Waals surface area contributed by atoms with Gasteiger partial charge in [-0.25, -0.2) is 4.39 Å². The molecular weight excluding hydrogens is 257 g/mol. The quantitative estimate of drug-likeness (QED) is 0.819. The van der Waals surface area contributed by atoms with E-state index in [1.807, 2.05) is 4.90 Å². The van der Waals surface area contributed by atoms with Crippen LogP contribution in [0.1, 0.15) is 12.0 Å². The monoisotopic (exact) mass is 279 g/mol. The summed E-state index contributed by atoms with van der Waals surface area (Å²) in [5.74, 6) is -0.0105. The van der Waals surface area contributed by atoms with Crippen molar-refractivity contribution < 1.29 is 9.18 Å². The Kier molecular flexibility index (Phi) is 5.49. The molecule has 1 N–H and O–H groups in total. The molecule has 0 spiro atoms. The molecule has 0 bridgehead atoms. The minimum Gasteiger partial charge on any atom is -0.340 e. The summed E-state index contributed by atoms with van der Waals surface area (Å²) in [6, 6.07) is 6.41. The number of carbonyl (C=O) groups is 1. The lowest BCUT2D eigenvalue weighted by atomic mass is 10.2. The molecule has 1 aliphatic heterocycles. The lowest BCUT2D eigenvalue weighted by Gasteiger charge is -2.32. The smallest absolute Gasteiger partial charge is 0.223 e. The molecule has 4 nitrogen and oxygen atoms in total. The summed E-state index contributed by atoms with van der Waals surface area (Å²) in [5.41, 5.74) is 1.03. The van der Waals surface area contributed by atoms with Gasteiger partial charge in [-0.05, 0) is 24.7 Å². The SMILES string of the molecule is CN1CCN(C(=O)CCNCc2ccc(F)cc2)CC1. The first-order valence-electron chi connectivity index (χ1n) is 7.06. The Morgan fingerprint density at radius 3 is 2.50 bits per heavy atom. The number of halogens is 1. The van der Waals surface area contributed by atoms with Gasteiger partial charge in [-0.3, -0.25) is 4.79 Å². The van der Waals surface area contributed by atoms with Gasteiger partial charge in [0.05, 0.1) is 0 Å². The van der Waals surface area contributed by atoms with Crippen LogP contribution in [0.25, 0.3) is 0 Å². The van der Waals surface area contributed by atoms with Gasteiger partial charge in [0.1, 0.15) is 5.82 Å². The number of benzene rings is 1. The normalized spacial score (nSPS) is 16.4. The predicted octanol–water partition coefficient (Wildman–Crippen LogP) is 1.08. The highest BCUT2D eigenvalue weighted by Gasteiger charge is 2.18. The standard InChI is InChI=1S/C15H22FN3O/c1-18-8-10-19(11-9-18)15(20)6-7-17-12-13-2-4-14(16)5-3-13/h2-5,17H,6-12H2,1H3. The number of piperazine rings is 1. The highest BCUT2D eigenvalue weighted by atomic mass is 19.1. The molecule has 110 valence electrons. The van der Waals surface area contributed by atoms with E-state index >= 15 is 0 Å². The van der Waals surface area contributed by atoms with Gasteiger partial charge >= 0.3 is 0 Å². The molecule has 0 atom stereocenters. The Balaban J connectivity index is 1.63. The van der Waals surface area contributed by atoms with Crippen LogP contribution in [0.4, 0.5) is 4.39 Å². The van der Waals surface area contributed by atoms with Crippen molar-refractivity contribution in [3.05, 3.63) is 35.6 Å². The minimum atomic E-state index is -0.223. The number of nitrogens with zero attached hydrogens (tertiary/aromatic N) is 2. The van der Waals surface area contributed by atoms with Crippen LogP contribution in [0, 0.1) is 5.82 Å². The summed E-state index contributed by atoms with van der Waals surface area (Å²) in [6.45, 7) is 4.88. The average Bonchev–Trinajstić information content (AvgIpc) is 2.46. The number of hydrogen-bond acceptors (Lipinski definition) is 3. The lowest BCUT2D eigenvalue weighted by molar-refractivity contribution is -0.132. The van der Waals surface area contributed by atoms with Crippen molar-refractivity contribution in [3.63, 3.8) is 0 Å². The van der Waals surface area contributed by atoms with E-state index in [1.54, 1.807) is 12.1 Å². The Labute approximate surface area is 119 Å². The van der Waals surface area contributed by atoms with E-state index in [4.69, 9.17) is 0 Å². The second-order valence-electron chi connectivity index (χ2n) is 5.24. The fourth-order valence-corrected chi connectivity index (χ4v) is 2.24. The van der Waals surface area contributed by atoms with Gasteiger partial charge in [0.25, 0.3) is 0 Å². The molecule has 1 fully saturated rings. The fraction of sp³-hybridized carbons (Fsp3) is 0.533. The zero-order valence-corrected chi connectivity index (χ0v) is 11.9. The maximum absolute atomic E-state index is 12.7. The predicted molar refractivity (Wildman–Crippen MR) is 76.8 cm³/mol. The molecule has 2 rings (SSSR count). The van der Waals surface area contributed by atoms with Crippen molar-refractivity contribution in [1.29, 1.82) is 0 Å². The molecule has 5 heteroatoms. The second kappa shape index (κ2) is 7.36. The van der Waals surface area contributed by atoms with E-state index in [-0.39, 0.29) is 11.7 Å². The second-order valence-corrected chi connectivity index (χ2v) is 5.24. The van der Waals surface area contributed by atoms with Gasteiger partial charge < -0.3 is 15.1 Å². The Hall–Kier alpha value is -1.46. The maximum Gasteiger partial charge on any atom is 0.223 e. The van der Waals surface area contributed by atoms with Crippen LogP contribution < -0.4 is 5.32 Å². The van der Waals surface area contributed by atoms with Gasteiger partial charge in [0.2, 0.25) is 5.91 Å². The van der Waals surface area contributed by atoms with Crippen LogP contribution in [0.15, 0.2) is 24.3 Å². The number of amides is 1. The number of rotatable bonds is 5. The largest absolute Gasteiger partial charge is 0.340 e. The molecule has 0 unspecified atom stereocenters. The van der Waals surface area contributed by atoms with E-state index in [2.05, 4.69) is 17.3 Å². The summed E-state index contributed by atoms with van der Waals surface area (Å²) in [6.07, 6.45) is 0.519. The first-order chi connectivity index (χ1) is 9.65. The molecule has 1 aromatic carbocycles. The summed E-state index contributed by atoms with van der Waals surface area (Å²) in [5, 5.41) is 3.22. The van der Waals surface area contributed by atoms with Gasteiger partial charge in [-0.2, -0.15) is 0 Å². The Morgan fingerprint density at radius 1 is 1.20 bits per heavy atom. The van der Waals surface area contributed by atoms with Crippen molar-refractivity contribution in [1.82, 2.24) is 15.1 Å². The van der Waals surface area contributed by atoms with E-state index in [0.29, 0.717) is 19.5 Å². The zero-order valence-electron chi connectivity index (χ0n) is 11.9. The molecular formula is C15H22FN3O.